The molecule has 3 heterocycles. The second-order valence-corrected chi connectivity index (χ2v) is 9.78. The Morgan fingerprint density at radius 3 is 2.52 bits per heavy atom. The Bertz CT molecular complexity index is 1080. The quantitative estimate of drug-likeness (QED) is 0.687. The highest BCUT2D eigenvalue weighted by molar-refractivity contribution is 7.89. The van der Waals surface area contributed by atoms with Crippen molar-refractivity contribution in [1.29, 1.82) is 0 Å². The molecule has 0 saturated carbocycles. The average molecular weight is 384 g/mol. The van der Waals surface area contributed by atoms with Crippen LogP contribution in [0.3, 0.4) is 0 Å². The highest BCUT2D eigenvalue weighted by atomic mass is 32.2. The van der Waals surface area contributed by atoms with Gasteiger partial charge in [-0.05, 0) is 48.9 Å². The third-order valence-electron chi connectivity index (χ3n) is 5.28. The average Bonchev–Trinajstić information content (AvgIpc) is 3.07. The van der Waals surface area contributed by atoms with Gasteiger partial charge in [-0.3, -0.25) is 0 Å². The molecule has 0 N–H and O–H groups in total. The Balaban J connectivity index is 1.72. The predicted octanol–water partition coefficient (Wildman–Crippen LogP) is 3.98. The summed E-state index contributed by atoms with van der Waals surface area (Å²) in [6.07, 6.45) is 4.97. The first-order valence-corrected chi connectivity index (χ1v) is 10.8. The van der Waals surface area contributed by atoms with Gasteiger partial charge in [0.05, 0.1) is 10.6 Å². The van der Waals surface area contributed by atoms with Crippen LogP contribution in [-0.4, -0.2) is 35.2 Å². The number of pyridine rings is 1. The lowest BCUT2D eigenvalue weighted by Gasteiger charge is -2.34. The predicted molar refractivity (Wildman–Crippen MR) is 107 cm³/mol. The molecule has 0 spiro atoms. The van der Waals surface area contributed by atoms with Crippen molar-refractivity contribution in [3.05, 3.63) is 54.4 Å². The van der Waals surface area contributed by atoms with Gasteiger partial charge in [0.15, 0.2) is 0 Å². The van der Waals surface area contributed by atoms with Crippen LogP contribution in [0.25, 0.3) is 16.9 Å². The van der Waals surface area contributed by atoms with Gasteiger partial charge in [-0.2, -0.15) is 4.31 Å². The molecule has 1 saturated heterocycles. The van der Waals surface area contributed by atoms with Gasteiger partial charge in [-0.1, -0.05) is 32.0 Å². The summed E-state index contributed by atoms with van der Waals surface area (Å²) in [6, 6.07) is 11.1. The molecule has 1 aliphatic rings. The number of hydrogen-bond acceptors (Lipinski definition) is 3. The first-order chi connectivity index (χ1) is 12.8. The molecular formula is C21H25N3O2S. The van der Waals surface area contributed by atoms with E-state index in [9.17, 15) is 8.42 Å². The summed E-state index contributed by atoms with van der Waals surface area (Å²) < 4.78 is 30.0. The molecule has 0 bridgehead atoms. The standard InChI is InChI=1S/C21H25N3O2S/c1-15-10-16(2)13-24(12-15)27(25,26)19-8-4-7-18(11-19)20-14-23-9-5-6-17(3)21(23)22-20/h4-9,11,14-16H,10,12-13H2,1-3H3/t15-,16+. The molecule has 142 valence electrons. The molecule has 27 heavy (non-hydrogen) atoms. The van der Waals surface area contributed by atoms with Crippen LogP contribution >= 0.6 is 0 Å². The van der Waals surface area contributed by atoms with E-state index in [4.69, 9.17) is 4.98 Å². The largest absolute Gasteiger partial charge is 0.306 e. The molecule has 6 heteroatoms. The molecule has 5 nitrogen and oxygen atoms in total. The molecule has 2 atom stereocenters. The summed E-state index contributed by atoms with van der Waals surface area (Å²) >= 11 is 0. The molecule has 0 unspecified atom stereocenters. The monoisotopic (exact) mass is 383 g/mol. The molecule has 1 aromatic carbocycles. The topological polar surface area (TPSA) is 54.7 Å². The van der Waals surface area contributed by atoms with Gasteiger partial charge in [0, 0.05) is 31.0 Å². The van der Waals surface area contributed by atoms with Crippen molar-refractivity contribution in [2.75, 3.05) is 13.1 Å². The molecule has 1 aliphatic heterocycles. The molecule has 0 radical (unpaired) electrons. The fraction of sp³-hybridized carbons (Fsp3) is 0.381. The summed E-state index contributed by atoms with van der Waals surface area (Å²) in [5.41, 5.74) is 3.57. The second kappa shape index (κ2) is 6.77. The van der Waals surface area contributed by atoms with Gasteiger partial charge in [0.2, 0.25) is 10.0 Å². The van der Waals surface area contributed by atoms with Crippen molar-refractivity contribution in [3.63, 3.8) is 0 Å². The van der Waals surface area contributed by atoms with Crippen molar-refractivity contribution in [1.82, 2.24) is 13.7 Å². The Kier molecular flexibility index (Phi) is 4.56. The van der Waals surface area contributed by atoms with Gasteiger partial charge >= 0.3 is 0 Å². The fourth-order valence-corrected chi connectivity index (χ4v) is 5.79. The van der Waals surface area contributed by atoms with E-state index >= 15 is 0 Å². The van der Waals surface area contributed by atoms with Crippen LogP contribution in [0.2, 0.25) is 0 Å². The molecule has 3 aromatic rings. The Morgan fingerprint density at radius 1 is 1.07 bits per heavy atom. The summed E-state index contributed by atoms with van der Waals surface area (Å²) in [4.78, 5) is 5.04. The number of fused-ring (bicyclic) bond motifs is 1. The number of piperidine rings is 1. The minimum Gasteiger partial charge on any atom is -0.306 e. The van der Waals surface area contributed by atoms with Crippen LogP contribution in [0, 0.1) is 18.8 Å². The van der Waals surface area contributed by atoms with Crippen LogP contribution in [-0.2, 0) is 10.0 Å². The third kappa shape index (κ3) is 3.39. The van der Waals surface area contributed by atoms with Gasteiger partial charge in [0.25, 0.3) is 0 Å². The van der Waals surface area contributed by atoms with E-state index < -0.39 is 10.0 Å². The molecule has 0 amide bonds. The number of rotatable bonds is 3. The summed E-state index contributed by atoms with van der Waals surface area (Å²) in [5, 5.41) is 0. The smallest absolute Gasteiger partial charge is 0.243 e. The van der Waals surface area contributed by atoms with Crippen molar-refractivity contribution in [3.8, 4) is 11.3 Å². The lowest BCUT2D eigenvalue weighted by Crippen LogP contribution is -2.42. The second-order valence-electron chi connectivity index (χ2n) is 7.84. The lowest BCUT2D eigenvalue weighted by atomic mass is 9.94. The number of aryl methyl sites for hydroxylation is 1. The normalized spacial score (nSPS) is 21.6. The zero-order valence-corrected chi connectivity index (χ0v) is 16.8. The van der Waals surface area contributed by atoms with E-state index in [-0.39, 0.29) is 0 Å². The van der Waals surface area contributed by atoms with Gasteiger partial charge in [-0.25, -0.2) is 13.4 Å². The SMILES string of the molecule is Cc1cccn2cc(-c3cccc(S(=O)(=O)N4C[C@H](C)C[C@H](C)C4)c3)nc12. The van der Waals surface area contributed by atoms with Crippen molar-refractivity contribution >= 4 is 15.7 Å². The Labute approximate surface area is 160 Å². The number of nitrogens with zero attached hydrogens (tertiary/aromatic N) is 3. The van der Waals surface area contributed by atoms with Crippen molar-refractivity contribution in [2.45, 2.75) is 32.1 Å². The minimum absolute atomic E-state index is 0.343. The third-order valence-corrected chi connectivity index (χ3v) is 7.11. The van der Waals surface area contributed by atoms with E-state index in [1.54, 1.807) is 22.5 Å². The van der Waals surface area contributed by atoms with Crippen LogP contribution in [0.5, 0.6) is 0 Å². The highest BCUT2D eigenvalue weighted by Crippen LogP contribution is 2.29. The van der Waals surface area contributed by atoms with E-state index in [2.05, 4.69) is 13.8 Å². The number of hydrogen-bond donors (Lipinski definition) is 0. The minimum atomic E-state index is -3.50. The van der Waals surface area contributed by atoms with E-state index in [1.807, 2.05) is 41.9 Å². The van der Waals surface area contributed by atoms with E-state index in [1.165, 1.54) is 0 Å². The zero-order chi connectivity index (χ0) is 19.2. The molecule has 1 fully saturated rings. The van der Waals surface area contributed by atoms with Crippen LogP contribution < -0.4 is 0 Å². The lowest BCUT2D eigenvalue weighted by molar-refractivity contribution is 0.222. The zero-order valence-electron chi connectivity index (χ0n) is 16.0. The van der Waals surface area contributed by atoms with Crippen LogP contribution in [0.1, 0.15) is 25.8 Å². The first kappa shape index (κ1) is 18.2. The molecule has 0 aliphatic carbocycles. The van der Waals surface area contributed by atoms with E-state index in [0.717, 1.165) is 28.9 Å². The molecule has 2 aromatic heterocycles. The van der Waals surface area contributed by atoms with E-state index in [0.29, 0.717) is 29.8 Å². The highest BCUT2D eigenvalue weighted by Gasteiger charge is 2.31. The Morgan fingerprint density at radius 2 is 1.81 bits per heavy atom. The molecular weight excluding hydrogens is 358 g/mol. The number of benzene rings is 1. The van der Waals surface area contributed by atoms with Gasteiger partial charge < -0.3 is 4.40 Å². The number of imidazole rings is 1. The first-order valence-electron chi connectivity index (χ1n) is 9.39. The van der Waals surface area contributed by atoms with Crippen molar-refractivity contribution in [2.24, 2.45) is 11.8 Å². The van der Waals surface area contributed by atoms with Gasteiger partial charge in [0.1, 0.15) is 5.65 Å². The summed E-state index contributed by atoms with van der Waals surface area (Å²) in [7, 11) is -3.50. The maximum absolute atomic E-state index is 13.2. The summed E-state index contributed by atoms with van der Waals surface area (Å²) in [5.74, 6) is 0.765. The number of sulfonamides is 1. The fourth-order valence-electron chi connectivity index (χ4n) is 4.06. The van der Waals surface area contributed by atoms with Gasteiger partial charge in [-0.15, -0.1) is 0 Å². The van der Waals surface area contributed by atoms with Crippen LogP contribution in [0.15, 0.2) is 53.7 Å². The maximum atomic E-state index is 13.2. The Hall–Kier alpha value is -2.18. The molecule has 4 rings (SSSR count). The maximum Gasteiger partial charge on any atom is 0.243 e. The number of aromatic nitrogens is 2. The van der Waals surface area contributed by atoms with Crippen LogP contribution in [0.4, 0.5) is 0 Å². The van der Waals surface area contributed by atoms with Crippen molar-refractivity contribution < 1.29 is 8.42 Å². The summed E-state index contributed by atoms with van der Waals surface area (Å²) in [6.45, 7) is 7.43.